The average molecular weight is 379 g/mol. The highest BCUT2D eigenvalue weighted by Gasteiger charge is 2.80. The van der Waals surface area contributed by atoms with Crippen molar-refractivity contribution in [2.45, 2.75) is 18.0 Å². The van der Waals surface area contributed by atoms with Gasteiger partial charge in [0.05, 0.1) is 0 Å². The van der Waals surface area contributed by atoms with E-state index in [1.54, 1.807) is 60.7 Å². The summed E-state index contributed by atoms with van der Waals surface area (Å²) in [7, 11) is -3.03. The Morgan fingerprint density at radius 2 is 1.12 bits per heavy atom. The molecule has 0 aromatic heterocycles. The van der Waals surface area contributed by atoms with Crippen LogP contribution >= 0.6 is 7.26 Å². The number of ether oxygens (including phenoxy) is 1. The van der Waals surface area contributed by atoms with Gasteiger partial charge in [-0.25, -0.2) is 0 Å². The van der Waals surface area contributed by atoms with Crippen molar-refractivity contribution in [2.75, 3.05) is 12.5 Å². The number of halogens is 6. The van der Waals surface area contributed by atoms with Gasteiger partial charge >= 0.3 is 12.4 Å². The normalized spacial score (nSPS) is 19.8. The van der Waals surface area contributed by atoms with Gasteiger partial charge in [0.25, 0.3) is 5.60 Å². The summed E-state index contributed by atoms with van der Waals surface area (Å²) in [5.74, 6) is 0. The zero-order valence-electron chi connectivity index (χ0n) is 12.8. The lowest BCUT2D eigenvalue weighted by atomic mass is 10.1. The van der Waals surface area contributed by atoms with E-state index in [-0.39, 0.29) is 0 Å². The minimum absolute atomic E-state index is 0.469. The minimum atomic E-state index is -5.55. The van der Waals surface area contributed by atoms with Crippen LogP contribution < -0.4 is 10.6 Å². The summed E-state index contributed by atoms with van der Waals surface area (Å²) < 4.78 is 85.4. The lowest BCUT2D eigenvalue weighted by Gasteiger charge is -2.31. The van der Waals surface area contributed by atoms with Gasteiger partial charge in [0, 0.05) is 0 Å². The second-order valence-corrected chi connectivity index (χ2v) is 9.44. The zero-order valence-corrected chi connectivity index (χ0v) is 13.7. The van der Waals surface area contributed by atoms with Gasteiger partial charge in [-0.05, 0) is 24.3 Å². The van der Waals surface area contributed by atoms with Crippen LogP contribution in [0, 0.1) is 0 Å². The van der Waals surface area contributed by atoms with Crippen LogP contribution in [0.25, 0.3) is 0 Å². The highest BCUT2D eigenvalue weighted by atomic mass is 31.2. The average Bonchev–Trinajstić information content (AvgIpc) is 3.00. The van der Waals surface area contributed by atoms with E-state index < -0.39 is 37.7 Å². The first-order chi connectivity index (χ1) is 11.6. The van der Waals surface area contributed by atoms with Crippen molar-refractivity contribution in [3.63, 3.8) is 0 Å². The van der Waals surface area contributed by atoms with E-state index in [4.69, 9.17) is 0 Å². The lowest BCUT2D eigenvalue weighted by Crippen LogP contribution is -2.59. The van der Waals surface area contributed by atoms with E-state index in [1.807, 2.05) is 0 Å². The standard InChI is InChI=1S/C17H14F6OP/c18-16(19,20)15(17(21,22)23)11-25(12-24-15,13-7-3-1-4-8-13)14-9-5-2-6-10-14/h1-10H,11-12H2/q+1. The molecule has 1 aliphatic rings. The Morgan fingerprint density at radius 1 is 0.720 bits per heavy atom. The molecule has 0 N–H and O–H groups in total. The topological polar surface area (TPSA) is 9.23 Å². The van der Waals surface area contributed by atoms with Gasteiger partial charge in [-0.15, -0.1) is 0 Å². The molecule has 8 heteroatoms. The fraction of sp³-hybridized carbons (Fsp3) is 0.294. The number of alkyl halides is 6. The molecule has 1 saturated heterocycles. The molecule has 25 heavy (non-hydrogen) atoms. The van der Waals surface area contributed by atoms with Crippen molar-refractivity contribution < 1.29 is 31.1 Å². The van der Waals surface area contributed by atoms with Crippen LogP contribution in [0.1, 0.15) is 0 Å². The Hall–Kier alpha value is -1.59. The number of benzene rings is 2. The molecule has 0 spiro atoms. The molecule has 0 atom stereocenters. The molecule has 1 heterocycles. The smallest absolute Gasteiger partial charge is 0.318 e. The molecular weight excluding hydrogens is 365 g/mol. The molecule has 1 aliphatic heterocycles. The van der Waals surface area contributed by atoms with Gasteiger partial charge in [0.15, 0.2) is 6.35 Å². The highest BCUT2D eigenvalue weighted by molar-refractivity contribution is 7.89. The molecule has 134 valence electrons. The molecule has 3 rings (SSSR count). The fourth-order valence-electron chi connectivity index (χ4n) is 3.10. The van der Waals surface area contributed by atoms with Gasteiger partial charge in [0.2, 0.25) is 0 Å². The van der Waals surface area contributed by atoms with E-state index in [1.165, 1.54) is 0 Å². The predicted octanol–water partition coefficient (Wildman–Crippen LogP) is 4.51. The molecule has 0 bridgehead atoms. The molecule has 0 radical (unpaired) electrons. The monoisotopic (exact) mass is 379 g/mol. The number of rotatable bonds is 2. The van der Waals surface area contributed by atoms with E-state index in [9.17, 15) is 26.3 Å². The Labute approximate surface area is 140 Å². The van der Waals surface area contributed by atoms with Gasteiger partial charge in [-0.3, -0.25) is 0 Å². The van der Waals surface area contributed by atoms with Gasteiger partial charge in [-0.1, -0.05) is 36.4 Å². The van der Waals surface area contributed by atoms with Crippen molar-refractivity contribution in [1.29, 1.82) is 0 Å². The molecule has 0 aliphatic carbocycles. The first kappa shape index (κ1) is 18.2. The Kier molecular flexibility index (Phi) is 4.36. The zero-order chi connectivity index (χ0) is 18.3. The third-order valence-electron chi connectivity index (χ3n) is 4.44. The van der Waals surface area contributed by atoms with Crippen molar-refractivity contribution >= 4 is 17.9 Å². The maximum Gasteiger partial charge on any atom is 0.430 e. The summed E-state index contributed by atoms with van der Waals surface area (Å²) in [6.07, 6.45) is -12.8. The molecule has 2 aromatic rings. The quantitative estimate of drug-likeness (QED) is 0.551. The Morgan fingerprint density at radius 3 is 1.44 bits per heavy atom. The SMILES string of the molecule is FC(F)(F)C1(C(F)(F)F)C[P+](c2ccccc2)(c2ccccc2)CO1. The molecule has 2 aromatic carbocycles. The summed E-state index contributed by atoms with van der Waals surface area (Å²) >= 11 is 0. The maximum atomic E-state index is 13.5. The summed E-state index contributed by atoms with van der Waals surface area (Å²) in [6.45, 7) is 0. The lowest BCUT2D eigenvalue weighted by molar-refractivity contribution is -0.363. The van der Waals surface area contributed by atoms with Crippen LogP contribution in [0.15, 0.2) is 60.7 Å². The van der Waals surface area contributed by atoms with Crippen LogP contribution in [0.3, 0.4) is 0 Å². The molecule has 1 fully saturated rings. The molecular formula is C17H14F6OP+. The van der Waals surface area contributed by atoms with Gasteiger partial charge in [0.1, 0.15) is 24.0 Å². The molecule has 0 unspecified atom stereocenters. The van der Waals surface area contributed by atoms with Crippen LogP contribution in [-0.4, -0.2) is 30.5 Å². The third kappa shape index (κ3) is 2.83. The van der Waals surface area contributed by atoms with Crippen molar-refractivity contribution in [2.24, 2.45) is 0 Å². The first-order valence-electron chi connectivity index (χ1n) is 7.38. The molecule has 0 amide bonds. The molecule has 1 nitrogen and oxygen atoms in total. The Bertz CT molecular complexity index is 673. The highest BCUT2D eigenvalue weighted by Crippen LogP contribution is 2.68. The second-order valence-electron chi connectivity index (χ2n) is 5.89. The second kappa shape index (κ2) is 5.99. The van der Waals surface area contributed by atoms with Crippen molar-refractivity contribution in [3.8, 4) is 0 Å². The maximum absolute atomic E-state index is 13.5. The van der Waals surface area contributed by atoms with Crippen LogP contribution in [-0.2, 0) is 4.74 Å². The largest absolute Gasteiger partial charge is 0.430 e. The first-order valence-corrected chi connectivity index (χ1v) is 9.54. The summed E-state index contributed by atoms with van der Waals surface area (Å²) in [4.78, 5) is 0. The van der Waals surface area contributed by atoms with Gasteiger partial charge < -0.3 is 4.74 Å². The fourth-order valence-corrected chi connectivity index (χ4v) is 7.29. The summed E-state index contributed by atoms with van der Waals surface area (Å²) in [5, 5.41) is 0.938. The summed E-state index contributed by atoms with van der Waals surface area (Å²) in [5.41, 5.74) is -4.14. The van der Waals surface area contributed by atoms with Crippen molar-refractivity contribution in [3.05, 3.63) is 60.7 Å². The van der Waals surface area contributed by atoms with Crippen molar-refractivity contribution in [1.82, 2.24) is 0 Å². The minimum Gasteiger partial charge on any atom is -0.318 e. The van der Waals surface area contributed by atoms with E-state index in [2.05, 4.69) is 4.74 Å². The number of hydrogen-bond donors (Lipinski definition) is 0. The third-order valence-corrected chi connectivity index (χ3v) is 8.57. The van der Waals surface area contributed by atoms with Gasteiger partial charge in [-0.2, -0.15) is 26.3 Å². The van der Waals surface area contributed by atoms with Crippen LogP contribution in [0.4, 0.5) is 26.3 Å². The summed E-state index contributed by atoms with van der Waals surface area (Å²) in [6, 6.07) is 16.1. The van der Waals surface area contributed by atoms with E-state index in [0.717, 1.165) is 0 Å². The molecule has 0 saturated carbocycles. The van der Waals surface area contributed by atoms with Crippen LogP contribution in [0.2, 0.25) is 0 Å². The van der Waals surface area contributed by atoms with Crippen LogP contribution in [0.5, 0.6) is 0 Å². The number of hydrogen-bond acceptors (Lipinski definition) is 1. The van der Waals surface area contributed by atoms with E-state index >= 15 is 0 Å². The Balaban J connectivity index is 2.20. The van der Waals surface area contributed by atoms with E-state index in [0.29, 0.717) is 10.6 Å². The predicted molar refractivity (Wildman–Crippen MR) is 84.7 cm³/mol.